The summed E-state index contributed by atoms with van der Waals surface area (Å²) in [6.07, 6.45) is 0.733. The summed E-state index contributed by atoms with van der Waals surface area (Å²) in [5.74, 6) is -1.10. The van der Waals surface area contributed by atoms with Crippen LogP contribution >= 0.6 is 0 Å². The van der Waals surface area contributed by atoms with Crippen LogP contribution < -0.4 is 0 Å². The third kappa shape index (κ3) is 4.66. The number of carbonyl (C=O) groups excluding carboxylic acids is 2. The maximum absolute atomic E-state index is 12.9. The number of amides is 1. The maximum Gasteiger partial charge on any atom is 0.338 e. The van der Waals surface area contributed by atoms with Gasteiger partial charge in [0.15, 0.2) is 0 Å². The van der Waals surface area contributed by atoms with E-state index in [-0.39, 0.29) is 22.7 Å². The molecule has 7 nitrogen and oxygen atoms in total. The molecule has 136 valence electrons. The van der Waals surface area contributed by atoms with Gasteiger partial charge in [-0.05, 0) is 18.1 Å². The highest BCUT2D eigenvalue weighted by Gasteiger charge is 2.22. The molecule has 0 N–H and O–H groups in total. The molecular formula is C19H20N2O5. The molecule has 0 aliphatic heterocycles. The summed E-state index contributed by atoms with van der Waals surface area (Å²) in [6.45, 7) is 2.81. The SMILES string of the molecule is CCCN(Cc1ccccc1)C(=O)c1cc(C(=O)OC)cc([N+](=O)[O-])c1. The summed E-state index contributed by atoms with van der Waals surface area (Å²) >= 11 is 0. The summed E-state index contributed by atoms with van der Waals surface area (Å²) in [7, 11) is 1.18. The van der Waals surface area contributed by atoms with Crippen molar-refractivity contribution >= 4 is 17.6 Å². The van der Waals surface area contributed by atoms with E-state index in [9.17, 15) is 19.7 Å². The minimum Gasteiger partial charge on any atom is -0.465 e. The van der Waals surface area contributed by atoms with Crippen molar-refractivity contribution in [3.05, 3.63) is 75.3 Å². The van der Waals surface area contributed by atoms with Crippen LogP contribution in [-0.4, -0.2) is 35.4 Å². The number of nitro benzene ring substituents is 1. The maximum atomic E-state index is 12.9. The second-order valence-corrected chi connectivity index (χ2v) is 5.73. The van der Waals surface area contributed by atoms with Crippen LogP contribution in [0.2, 0.25) is 0 Å². The van der Waals surface area contributed by atoms with Crippen LogP contribution in [0.5, 0.6) is 0 Å². The number of rotatable bonds is 7. The lowest BCUT2D eigenvalue weighted by atomic mass is 10.1. The highest BCUT2D eigenvalue weighted by atomic mass is 16.6. The molecule has 0 bridgehead atoms. The molecule has 2 rings (SSSR count). The van der Waals surface area contributed by atoms with Gasteiger partial charge in [0.2, 0.25) is 0 Å². The Morgan fingerprint density at radius 1 is 1.12 bits per heavy atom. The van der Waals surface area contributed by atoms with Crippen molar-refractivity contribution in [1.82, 2.24) is 4.90 Å². The van der Waals surface area contributed by atoms with Crippen LogP contribution in [0.1, 0.15) is 39.6 Å². The summed E-state index contributed by atoms with van der Waals surface area (Å²) in [4.78, 5) is 36.8. The lowest BCUT2D eigenvalue weighted by molar-refractivity contribution is -0.384. The number of methoxy groups -OCH3 is 1. The van der Waals surface area contributed by atoms with Crippen LogP contribution in [0.4, 0.5) is 5.69 Å². The van der Waals surface area contributed by atoms with E-state index in [4.69, 9.17) is 0 Å². The molecule has 1 amide bonds. The molecule has 0 aliphatic rings. The number of esters is 1. The lowest BCUT2D eigenvalue weighted by Crippen LogP contribution is -2.31. The molecule has 0 spiro atoms. The van der Waals surface area contributed by atoms with E-state index in [1.165, 1.54) is 19.2 Å². The van der Waals surface area contributed by atoms with Gasteiger partial charge in [-0.3, -0.25) is 14.9 Å². The number of hydrogen-bond acceptors (Lipinski definition) is 5. The Morgan fingerprint density at radius 3 is 2.35 bits per heavy atom. The smallest absolute Gasteiger partial charge is 0.338 e. The Morgan fingerprint density at radius 2 is 1.77 bits per heavy atom. The molecular weight excluding hydrogens is 336 g/mol. The zero-order valence-corrected chi connectivity index (χ0v) is 14.7. The van der Waals surface area contributed by atoms with E-state index in [2.05, 4.69) is 4.74 Å². The van der Waals surface area contributed by atoms with E-state index in [1.807, 2.05) is 37.3 Å². The molecule has 26 heavy (non-hydrogen) atoms. The average molecular weight is 356 g/mol. The zero-order valence-electron chi connectivity index (χ0n) is 14.7. The molecule has 2 aromatic carbocycles. The van der Waals surface area contributed by atoms with E-state index >= 15 is 0 Å². The Balaban J connectivity index is 2.39. The normalized spacial score (nSPS) is 10.2. The highest BCUT2D eigenvalue weighted by molar-refractivity contribution is 5.99. The predicted molar refractivity (Wildman–Crippen MR) is 95.9 cm³/mol. The number of benzene rings is 2. The molecule has 0 aromatic heterocycles. The molecule has 0 fully saturated rings. The van der Waals surface area contributed by atoms with E-state index < -0.39 is 10.9 Å². The number of nitrogens with zero attached hydrogens (tertiary/aromatic N) is 2. The second kappa shape index (κ2) is 8.75. The van der Waals surface area contributed by atoms with Crippen molar-refractivity contribution in [2.75, 3.05) is 13.7 Å². The molecule has 0 heterocycles. The fourth-order valence-corrected chi connectivity index (χ4v) is 2.58. The van der Waals surface area contributed by atoms with Gasteiger partial charge in [0, 0.05) is 30.8 Å². The minimum absolute atomic E-state index is 0.0267. The zero-order chi connectivity index (χ0) is 19.1. The third-order valence-electron chi connectivity index (χ3n) is 3.79. The van der Waals surface area contributed by atoms with Crippen molar-refractivity contribution in [2.45, 2.75) is 19.9 Å². The van der Waals surface area contributed by atoms with Crippen LogP contribution in [0.3, 0.4) is 0 Å². The first-order valence-electron chi connectivity index (χ1n) is 8.17. The van der Waals surface area contributed by atoms with Crippen LogP contribution in [0.25, 0.3) is 0 Å². The molecule has 0 saturated heterocycles. The van der Waals surface area contributed by atoms with Gasteiger partial charge in [-0.25, -0.2) is 4.79 Å². The van der Waals surface area contributed by atoms with Crippen LogP contribution in [0, 0.1) is 10.1 Å². The van der Waals surface area contributed by atoms with Crippen molar-refractivity contribution < 1.29 is 19.2 Å². The van der Waals surface area contributed by atoms with E-state index in [1.54, 1.807) is 4.90 Å². The Labute approximate surface area is 151 Å². The quantitative estimate of drug-likeness (QED) is 0.431. The number of non-ortho nitro benzene ring substituents is 1. The highest BCUT2D eigenvalue weighted by Crippen LogP contribution is 2.20. The van der Waals surface area contributed by atoms with Gasteiger partial charge in [-0.1, -0.05) is 37.3 Å². The van der Waals surface area contributed by atoms with Gasteiger partial charge in [-0.15, -0.1) is 0 Å². The van der Waals surface area contributed by atoms with Crippen LogP contribution in [-0.2, 0) is 11.3 Å². The second-order valence-electron chi connectivity index (χ2n) is 5.73. The van der Waals surface area contributed by atoms with Gasteiger partial charge >= 0.3 is 5.97 Å². The van der Waals surface area contributed by atoms with E-state index in [0.29, 0.717) is 13.1 Å². The molecule has 0 atom stereocenters. The largest absolute Gasteiger partial charge is 0.465 e. The fourth-order valence-electron chi connectivity index (χ4n) is 2.58. The van der Waals surface area contributed by atoms with Crippen molar-refractivity contribution in [3.63, 3.8) is 0 Å². The topological polar surface area (TPSA) is 89.8 Å². The first-order valence-corrected chi connectivity index (χ1v) is 8.17. The van der Waals surface area contributed by atoms with Crippen molar-refractivity contribution in [2.24, 2.45) is 0 Å². The first kappa shape index (κ1) is 19.1. The fraction of sp³-hybridized carbons (Fsp3) is 0.263. The summed E-state index contributed by atoms with van der Waals surface area (Å²) in [6, 6.07) is 13.1. The minimum atomic E-state index is -0.729. The number of hydrogen-bond donors (Lipinski definition) is 0. The molecule has 7 heteroatoms. The Hall–Kier alpha value is -3.22. The summed E-state index contributed by atoms with van der Waals surface area (Å²) in [5.41, 5.74) is 0.686. The number of nitro groups is 1. The summed E-state index contributed by atoms with van der Waals surface area (Å²) in [5, 5.41) is 11.2. The van der Waals surface area contributed by atoms with Gasteiger partial charge in [0.1, 0.15) is 0 Å². The summed E-state index contributed by atoms with van der Waals surface area (Å²) < 4.78 is 4.62. The molecule has 0 aliphatic carbocycles. The van der Waals surface area contributed by atoms with Crippen molar-refractivity contribution in [1.29, 1.82) is 0 Å². The third-order valence-corrected chi connectivity index (χ3v) is 3.79. The predicted octanol–water partition coefficient (Wildman–Crippen LogP) is 3.43. The van der Waals surface area contributed by atoms with E-state index in [0.717, 1.165) is 18.1 Å². The number of carbonyl (C=O) groups is 2. The van der Waals surface area contributed by atoms with Gasteiger partial charge in [-0.2, -0.15) is 0 Å². The number of ether oxygens (including phenoxy) is 1. The molecule has 0 radical (unpaired) electrons. The molecule has 0 unspecified atom stereocenters. The average Bonchev–Trinajstić information content (AvgIpc) is 2.66. The lowest BCUT2D eigenvalue weighted by Gasteiger charge is -2.22. The van der Waals surface area contributed by atoms with Gasteiger partial charge in [0.25, 0.3) is 11.6 Å². The Bertz CT molecular complexity index is 805. The van der Waals surface area contributed by atoms with Crippen molar-refractivity contribution in [3.8, 4) is 0 Å². The standard InChI is InChI=1S/C19H20N2O5/c1-3-9-20(13-14-7-5-4-6-8-14)18(22)15-10-16(19(23)26-2)12-17(11-15)21(24)25/h4-8,10-12H,3,9,13H2,1-2H3. The molecule has 2 aromatic rings. The van der Waals surface area contributed by atoms with Crippen LogP contribution in [0.15, 0.2) is 48.5 Å². The van der Waals surface area contributed by atoms with Gasteiger partial charge in [0.05, 0.1) is 17.6 Å². The Kier molecular flexibility index (Phi) is 6.43. The monoisotopic (exact) mass is 356 g/mol. The molecule has 0 saturated carbocycles. The van der Waals surface area contributed by atoms with Gasteiger partial charge < -0.3 is 9.64 Å². The first-order chi connectivity index (χ1) is 12.5.